The third-order valence-corrected chi connectivity index (χ3v) is 8.02. The minimum absolute atomic E-state index is 0.0452. The van der Waals surface area contributed by atoms with Crippen molar-refractivity contribution in [3.8, 4) is 11.5 Å². The van der Waals surface area contributed by atoms with Gasteiger partial charge >= 0.3 is 0 Å². The van der Waals surface area contributed by atoms with Gasteiger partial charge in [-0.25, -0.2) is 0 Å². The number of aromatic hydroxyl groups is 2. The maximum absolute atomic E-state index is 11.0. The van der Waals surface area contributed by atoms with Crippen molar-refractivity contribution in [1.82, 2.24) is 0 Å². The number of ether oxygens (including phenoxy) is 1. The average Bonchev–Trinajstić information content (AvgIpc) is 3.55. The molecule has 2 aromatic carbocycles. The van der Waals surface area contributed by atoms with Gasteiger partial charge in [0.2, 0.25) is 0 Å². The maximum Gasteiger partial charge on any atom is 0.139 e. The lowest BCUT2D eigenvalue weighted by atomic mass is 9.94. The zero-order valence-electron chi connectivity index (χ0n) is 23.1. The number of fused-ring (bicyclic) bond motifs is 3. The summed E-state index contributed by atoms with van der Waals surface area (Å²) in [6, 6.07) is 7.28. The Hall–Kier alpha value is -2.80. The minimum Gasteiger partial charge on any atom is -0.507 e. The maximum atomic E-state index is 11.0. The first-order valence-corrected chi connectivity index (χ1v) is 13.8. The number of aliphatic hydroxyl groups excluding tert-OH is 2. The van der Waals surface area contributed by atoms with E-state index < -0.39 is 6.10 Å². The highest BCUT2D eigenvalue weighted by molar-refractivity contribution is 6.12. The summed E-state index contributed by atoms with van der Waals surface area (Å²) in [4.78, 5) is 0. The number of furan rings is 1. The largest absolute Gasteiger partial charge is 0.507 e. The van der Waals surface area contributed by atoms with Crippen LogP contribution in [0.15, 0.2) is 46.9 Å². The molecule has 4 N–H and O–H groups in total. The fourth-order valence-electron chi connectivity index (χ4n) is 5.06. The molecular formula is C32H42O6. The van der Waals surface area contributed by atoms with Crippen LogP contribution >= 0.6 is 0 Å². The summed E-state index contributed by atoms with van der Waals surface area (Å²) in [6.07, 6.45) is 9.04. The number of aryl methyl sites for hydroxylation is 1. The number of phenols is 2. The Bertz CT molecular complexity index is 1320. The van der Waals surface area contributed by atoms with Gasteiger partial charge in [0.15, 0.2) is 0 Å². The topological polar surface area (TPSA) is 107 Å². The summed E-state index contributed by atoms with van der Waals surface area (Å²) in [7, 11) is 0. The summed E-state index contributed by atoms with van der Waals surface area (Å²) in [5.41, 5.74) is 3.63. The van der Waals surface area contributed by atoms with Crippen LogP contribution in [0.1, 0.15) is 65.0 Å². The molecule has 6 nitrogen and oxygen atoms in total. The predicted octanol–water partition coefficient (Wildman–Crippen LogP) is 6.72. The summed E-state index contributed by atoms with van der Waals surface area (Å²) in [5.74, 6) is 0.887. The van der Waals surface area contributed by atoms with Crippen LogP contribution in [0.4, 0.5) is 0 Å². The summed E-state index contributed by atoms with van der Waals surface area (Å²) in [5, 5.41) is 42.6. The zero-order valence-corrected chi connectivity index (χ0v) is 23.1. The van der Waals surface area contributed by atoms with Gasteiger partial charge in [-0.15, -0.1) is 0 Å². The third-order valence-electron chi connectivity index (χ3n) is 8.02. The molecule has 0 radical (unpaired) electrons. The molecule has 1 aromatic heterocycles. The summed E-state index contributed by atoms with van der Waals surface area (Å²) >= 11 is 0. The van der Waals surface area contributed by atoms with Crippen LogP contribution < -0.4 is 0 Å². The van der Waals surface area contributed by atoms with Crippen LogP contribution in [0, 0.1) is 17.8 Å². The normalized spacial score (nSPS) is 21.3. The second-order valence-electron chi connectivity index (χ2n) is 11.2. The van der Waals surface area contributed by atoms with Gasteiger partial charge in [-0.1, -0.05) is 58.4 Å². The molecule has 3 aromatic rings. The molecule has 0 spiro atoms. The molecule has 4 rings (SSSR count). The monoisotopic (exact) mass is 522 g/mol. The van der Waals surface area contributed by atoms with E-state index in [0.717, 1.165) is 36.0 Å². The number of phenolic OH excluding ortho intramolecular Hbond substituents is 2. The average molecular weight is 523 g/mol. The lowest BCUT2D eigenvalue weighted by Gasteiger charge is -2.14. The first-order chi connectivity index (χ1) is 18.1. The number of epoxide rings is 1. The van der Waals surface area contributed by atoms with E-state index in [4.69, 9.17) is 9.15 Å². The van der Waals surface area contributed by atoms with Crippen molar-refractivity contribution < 1.29 is 29.6 Å². The van der Waals surface area contributed by atoms with Gasteiger partial charge in [0, 0.05) is 6.61 Å². The van der Waals surface area contributed by atoms with Crippen LogP contribution in [-0.2, 0) is 11.2 Å². The Balaban J connectivity index is 1.47. The molecule has 38 heavy (non-hydrogen) atoms. The van der Waals surface area contributed by atoms with Gasteiger partial charge in [0.05, 0.1) is 23.0 Å². The molecule has 0 aliphatic carbocycles. The van der Waals surface area contributed by atoms with E-state index >= 15 is 0 Å². The summed E-state index contributed by atoms with van der Waals surface area (Å²) in [6.45, 7) is 10.4. The van der Waals surface area contributed by atoms with Gasteiger partial charge in [-0.2, -0.15) is 0 Å². The molecular weight excluding hydrogens is 480 g/mol. The van der Waals surface area contributed by atoms with E-state index in [2.05, 4.69) is 26.8 Å². The van der Waals surface area contributed by atoms with Crippen molar-refractivity contribution in [3.05, 3.63) is 53.6 Å². The number of aliphatic hydroxyl groups is 2. The van der Waals surface area contributed by atoms with Gasteiger partial charge in [-0.3, -0.25) is 0 Å². The lowest BCUT2D eigenvalue weighted by Crippen LogP contribution is -2.25. The first kappa shape index (κ1) is 28.2. The van der Waals surface area contributed by atoms with Crippen LogP contribution in [0.5, 0.6) is 11.5 Å². The molecule has 6 heteroatoms. The number of benzene rings is 2. The van der Waals surface area contributed by atoms with Crippen molar-refractivity contribution in [2.45, 2.75) is 78.6 Å². The first-order valence-electron chi connectivity index (χ1n) is 13.8. The second-order valence-corrected chi connectivity index (χ2v) is 11.2. The SMILES string of the molecule is CC[C@@H](C)[C@@H](O)[C@@H]1O[C@H]1C[C@H](C)/C=C/C=C(\C)c1cc(O)c2c(c1)oc1ccc(CC[C@@H](C)CO)c(O)c12. The van der Waals surface area contributed by atoms with Crippen molar-refractivity contribution in [2.24, 2.45) is 17.8 Å². The number of rotatable bonds is 12. The highest BCUT2D eigenvalue weighted by Gasteiger charge is 2.45. The highest BCUT2D eigenvalue weighted by Crippen LogP contribution is 2.43. The molecule has 206 valence electrons. The second kappa shape index (κ2) is 11.9. The van der Waals surface area contributed by atoms with Crippen molar-refractivity contribution in [3.63, 3.8) is 0 Å². The molecule has 1 fully saturated rings. The minimum atomic E-state index is -0.396. The molecule has 0 saturated carbocycles. The molecule has 2 heterocycles. The Labute approximate surface area is 225 Å². The van der Waals surface area contributed by atoms with E-state index in [1.54, 1.807) is 6.07 Å². The molecule has 0 bridgehead atoms. The van der Waals surface area contributed by atoms with E-state index in [1.165, 1.54) is 0 Å². The molecule has 1 saturated heterocycles. The van der Waals surface area contributed by atoms with Crippen LogP contribution in [-0.4, -0.2) is 45.3 Å². The Kier molecular flexibility index (Phi) is 8.86. The number of allylic oxidation sites excluding steroid dienone is 4. The standard InChI is InChI=1S/C32H42O6/c1-6-20(4)30(35)32-27(38-32)14-18(2)8-7-9-21(5)23-15-24(34)28-26(16-23)37-25-13-12-22(31(36)29(25)28)11-10-19(3)17-33/h7-9,12-13,15-16,18-20,27,30,32-36H,6,10-11,14,17H2,1-5H3/b8-7+,21-9+/t18-,19-,20-,27+,30-,32-/m1/s1. The highest BCUT2D eigenvalue weighted by atomic mass is 16.6. The van der Waals surface area contributed by atoms with Crippen LogP contribution in [0.25, 0.3) is 27.5 Å². The van der Waals surface area contributed by atoms with Gasteiger partial charge in [0.25, 0.3) is 0 Å². The lowest BCUT2D eigenvalue weighted by molar-refractivity contribution is 0.0830. The van der Waals surface area contributed by atoms with Gasteiger partial charge in [0.1, 0.15) is 28.8 Å². The fraction of sp³-hybridized carbons (Fsp3) is 0.500. The van der Waals surface area contributed by atoms with E-state index in [1.807, 2.05) is 44.2 Å². The van der Waals surface area contributed by atoms with Gasteiger partial charge < -0.3 is 29.6 Å². The van der Waals surface area contributed by atoms with E-state index in [9.17, 15) is 20.4 Å². The van der Waals surface area contributed by atoms with Crippen LogP contribution in [0.3, 0.4) is 0 Å². The molecule has 0 amide bonds. The van der Waals surface area contributed by atoms with Crippen molar-refractivity contribution >= 4 is 27.5 Å². The Morgan fingerprint density at radius 1 is 1.08 bits per heavy atom. The smallest absolute Gasteiger partial charge is 0.139 e. The summed E-state index contributed by atoms with van der Waals surface area (Å²) < 4.78 is 11.7. The fourth-order valence-corrected chi connectivity index (χ4v) is 5.06. The zero-order chi connectivity index (χ0) is 27.6. The van der Waals surface area contributed by atoms with E-state index in [0.29, 0.717) is 34.3 Å². The number of hydrogen-bond donors (Lipinski definition) is 4. The predicted molar refractivity (Wildman–Crippen MR) is 152 cm³/mol. The molecule has 1 aliphatic heterocycles. The number of hydrogen-bond acceptors (Lipinski definition) is 6. The van der Waals surface area contributed by atoms with Crippen molar-refractivity contribution in [2.75, 3.05) is 6.61 Å². The molecule has 0 unspecified atom stereocenters. The molecule has 6 atom stereocenters. The third kappa shape index (κ3) is 6.09. The Morgan fingerprint density at radius 2 is 1.84 bits per heavy atom. The van der Waals surface area contributed by atoms with Gasteiger partial charge in [-0.05, 0) is 78.8 Å². The quantitative estimate of drug-likeness (QED) is 0.155. The molecule has 1 aliphatic rings. The Morgan fingerprint density at radius 3 is 2.55 bits per heavy atom. The van der Waals surface area contributed by atoms with Crippen molar-refractivity contribution in [1.29, 1.82) is 0 Å². The van der Waals surface area contributed by atoms with Crippen LogP contribution in [0.2, 0.25) is 0 Å². The van der Waals surface area contributed by atoms with E-state index in [-0.39, 0.29) is 42.1 Å².